The van der Waals surface area contributed by atoms with E-state index in [0.29, 0.717) is 19.4 Å². The van der Waals surface area contributed by atoms with Gasteiger partial charge in [-0.15, -0.1) is 11.3 Å². The number of hydrogen-bond acceptors (Lipinski definition) is 6. The molecule has 164 valence electrons. The number of halogens is 3. The maximum absolute atomic E-state index is 13.6. The van der Waals surface area contributed by atoms with Crippen molar-refractivity contribution in [2.24, 2.45) is 0 Å². The molecule has 7 nitrogen and oxygen atoms in total. The summed E-state index contributed by atoms with van der Waals surface area (Å²) < 4.78 is 51.8. The summed E-state index contributed by atoms with van der Waals surface area (Å²) in [4.78, 5) is 29.9. The topological polar surface area (TPSA) is 80.8 Å². The lowest BCUT2D eigenvalue weighted by molar-refractivity contribution is -0.136. The van der Waals surface area contributed by atoms with Gasteiger partial charge in [-0.3, -0.25) is 9.69 Å². The van der Waals surface area contributed by atoms with Gasteiger partial charge in [0.2, 0.25) is 5.88 Å². The van der Waals surface area contributed by atoms with Crippen LogP contribution in [-0.4, -0.2) is 47.3 Å². The fourth-order valence-electron chi connectivity index (χ4n) is 3.08. The SMILES string of the molecule is CNC(=O)c1csc2c(C(F)(F)F)cc(OC3CCCN3C(=O)OC(C)(C)C)nc12. The first-order valence-electron chi connectivity index (χ1n) is 9.28. The average molecular weight is 445 g/mol. The van der Waals surface area contributed by atoms with Crippen molar-refractivity contribution < 1.29 is 32.2 Å². The first-order chi connectivity index (χ1) is 13.9. The summed E-state index contributed by atoms with van der Waals surface area (Å²) >= 11 is 0.791. The molecule has 2 amide bonds. The Hall–Kier alpha value is -2.56. The highest BCUT2D eigenvalue weighted by atomic mass is 32.1. The van der Waals surface area contributed by atoms with E-state index >= 15 is 0 Å². The molecule has 1 N–H and O–H groups in total. The molecule has 0 aromatic carbocycles. The molecule has 11 heteroatoms. The highest BCUT2D eigenvalue weighted by Gasteiger charge is 2.37. The number of likely N-dealkylation sites (tertiary alicyclic amines) is 1. The summed E-state index contributed by atoms with van der Waals surface area (Å²) in [6.07, 6.45) is -5.05. The highest BCUT2D eigenvalue weighted by molar-refractivity contribution is 7.17. The van der Waals surface area contributed by atoms with Gasteiger partial charge in [0.1, 0.15) is 5.60 Å². The zero-order valence-electron chi connectivity index (χ0n) is 16.9. The van der Waals surface area contributed by atoms with Crippen molar-refractivity contribution in [2.75, 3.05) is 13.6 Å². The van der Waals surface area contributed by atoms with Crippen molar-refractivity contribution in [3.63, 3.8) is 0 Å². The Morgan fingerprint density at radius 3 is 2.60 bits per heavy atom. The van der Waals surface area contributed by atoms with Gasteiger partial charge in [0, 0.05) is 31.5 Å². The molecule has 1 fully saturated rings. The van der Waals surface area contributed by atoms with E-state index in [-0.39, 0.29) is 21.7 Å². The van der Waals surface area contributed by atoms with E-state index in [1.54, 1.807) is 20.8 Å². The Morgan fingerprint density at radius 2 is 2.00 bits per heavy atom. The summed E-state index contributed by atoms with van der Waals surface area (Å²) in [5, 5.41) is 3.72. The van der Waals surface area contributed by atoms with Gasteiger partial charge in [-0.05, 0) is 27.2 Å². The number of nitrogens with one attached hydrogen (secondary N) is 1. The third-order valence-electron chi connectivity index (χ3n) is 4.36. The Bertz CT molecular complexity index is 968. The number of alkyl halides is 3. The highest BCUT2D eigenvalue weighted by Crippen LogP contribution is 2.40. The fraction of sp³-hybridized carbons (Fsp3) is 0.526. The molecule has 1 unspecified atom stereocenters. The van der Waals surface area contributed by atoms with Crippen molar-refractivity contribution in [1.29, 1.82) is 0 Å². The second-order valence-electron chi connectivity index (χ2n) is 7.80. The predicted octanol–water partition coefficient (Wildman–Crippen LogP) is 4.41. The standard InChI is InChI=1S/C19H22F3N3O4S/c1-18(2,3)29-17(27)25-7-5-6-13(25)28-12-8-11(19(20,21)22)15-14(24-12)10(9-30-15)16(26)23-4/h8-9,13H,5-7H2,1-4H3,(H,23,26). The molecule has 0 saturated carbocycles. The number of pyridine rings is 1. The molecule has 0 bridgehead atoms. The Morgan fingerprint density at radius 1 is 1.30 bits per heavy atom. The predicted molar refractivity (Wildman–Crippen MR) is 105 cm³/mol. The van der Waals surface area contributed by atoms with Crippen LogP contribution in [0.4, 0.5) is 18.0 Å². The number of carbonyl (C=O) groups excluding carboxylic acids is 2. The number of ether oxygens (including phenoxy) is 2. The zero-order valence-corrected chi connectivity index (χ0v) is 17.7. The minimum atomic E-state index is -4.66. The van der Waals surface area contributed by atoms with Crippen LogP contribution in [0.3, 0.4) is 0 Å². The molecule has 2 aromatic rings. The number of fused-ring (bicyclic) bond motifs is 1. The number of aromatic nitrogens is 1. The molecule has 1 aliphatic rings. The molecule has 30 heavy (non-hydrogen) atoms. The van der Waals surface area contributed by atoms with E-state index in [4.69, 9.17) is 9.47 Å². The number of carbonyl (C=O) groups is 2. The van der Waals surface area contributed by atoms with Crippen LogP contribution >= 0.6 is 11.3 Å². The molecule has 0 radical (unpaired) electrons. The summed E-state index contributed by atoms with van der Waals surface area (Å²) in [5.74, 6) is -0.853. The molecular weight excluding hydrogens is 423 g/mol. The van der Waals surface area contributed by atoms with Gasteiger partial charge in [0.25, 0.3) is 5.91 Å². The maximum atomic E-state index is 13.6. The van der Waals surface area contributed by atoms with Gasteiger partial charge in [-0.2, -0.15) is 13.2 Å². The molecule has 1 saturated heterocycles. The van der Waals surface area contributed by atoms with Crippen LogP contribution in [0.15, 0.2) is 11.4 Å². The Kier molecular flexibility index (Phi) is 5.85. The summed E-state index contributed by atoms with van der Waals surface area (Å²) in [6, 6.07) is 0.804. The molecule has 1 atom stereocenters. The second kappa shape index (κ2) is 7.93. The van der Waals surface area contributed by atoms with E-state index in [2.05, 4.69) is 10.3 Å². The molecule has 0 aliphatic carbocycles. The van der Waals surface area contributed by atoms with Crippen LogP contribution in [0.25, 0.3) is 10.2 Å². The number of amides is 2. The quantitative estimate of drug-likeness (QED) is 0.757. The van der Waals surface area contributed by atoms with Crippen LogP contribution < -0.4 is 10.1 Å². The minimum Gasteiger partial charge on any atom is -0.453 e. The summed E-state index contributed by atoms with van der Waals surface area (Å²) in [7, 11) is 1.38. The first-order valence-corrected chi connectivity index (χ1v) is 10.2. The average Bonchev–Trinajstić information content (AvgIpc) is 3.25. The van der Waals surface area contributed by atoms with Gasteiger partial charge in [-0.25, -0.2) is 9.78 Å². The van der Waals surface area contributed by atoms with E-state index < -0.39 is 35.6 Å². The van der Waals surface area contributed by atoms with Crippen LogP contribution in [0.5, 0.6) is 5.88 Å². The molecular formula is C19H22F3N3O4S. The third kappa shape index (κ3) is 4.61. The molecule has 3 heterocycles. The van der Waals surface area contributed by atoms with E-state index in [1.165, 1.54) is 17.3 Å². The molecule has 1 aliphatic heterocycles. The van der Waals surface area contributed by atoms with Crippen molar-refractivity contribution in [3.8, 4) is 5.88 Å². The van der Waals surface area contributed by atoms with Gasteiger partial charge in [0.15, 0.2) is 6.23 Å². The van der Waals surface area contributed by atoms with Crippen molar-refractivity contribution in [2.45, 2.75) is 51.6 Å². The van der Waals surface area contributed by atoms with E-state index in [0.717, 1.165) is 17.4 Å². The fourth-order valence-corrected chi connectivity index (χ4v) is 4.10. The monoisotopic (exact) mass is 445 g/mol. The first kappa shape index (κ1) is 22.1. The van der Waals surface area contributed by atoms with Gasteiger partial charge in [-0.1, -0.05) is 0 Å². The minimum absolute atomic E-state index is 0.0314. The van der Waals surface area contributed by atoms with Crippen LogP contribution in [0.1, 0.15) is 49.5 Å². The van der Waals surface area contributed by atoms with E-state index in [9.17, 15) is 22.8 Å². The van der Waals surface area contributed by atoms with Gasteiger partial charge >= 0.3 is 12.3 Å². The number of hydrogen-bond donors (Lipinski definition) is 1. The lowest BCUT2D eigenvalue weighted by atomic mass is 10.2. The van der Waals surface area contributed by atoms with Crippen LogP contribution in [0, 0.1) is 0 Å². The zero-order chi connectivity index (χ0) is 22.3. The summed E-state index contributed by atoms with van der Waals surface area (Å²) in [6.45, 7) is 5.52. The third-order valence-corrected chi connectivity index (χ3v) is 5.36. The van der Waals surface area contributed by atoms with E-state index in [1.807, 2.05) is 0 Å². The van der Waals surface area contributed by atoms with Crippen LogP contribution in [-0.2, 0) is 10.9 Å². The Labute approximate surface area is 175 Å². The van der Waals surface area contributed by atoms with Crippen LogP contribution in [0.2, 0.25) is 0 Å². The molecule has 2 aromatic heterocycles. The molecule has 0 spiro atoms. The lowest BCUT2D eigenvalue weighted by Gasteiger charge is -2.28. The number of thiophene rings is 1. The Balaban J connectivity index is 1.97. The summed E-state index contributed by atoms with van der Waals surface area (Å²) in [5.41, 5.74) is -1.72. The largest absolute Gasteiger partial charge is 0.453 e. The maximum Gasteiger partial charge on any atom is 0.418 e. The lowest BCUT2D eigenvalue weighted by Crippen LogP contribution is -2.42. The smallest absolute Gasteiger partial charge is 0.418 e. The molecule has 3 rings (SSSR count). The second-order valence-corrected chi connectivity index (χ2v) is 8.68. The van der Waals surface area contributed by atoms with Gasteiger partial charge < -0.3 is 14.8 Å². The number of nitrogens with zero attached hydrogens (tertiary/aromatic N) is 2. The van der Waals surface area contributed by atoms with Crippen molar-refractivity contribution in [1.82, 2.24) is 15.2 Å². The van der Waals surface area contributed by atoms with Crippen molar-refractivity contribution in [3.05, 3.63) is 22.6 Å². The van der Waals surface area contributed by atoms with Crippen molar-refractivity contribution >= 4 is 33.6 Å². The normalized spacial score (nSPS) is 17.3. The van der Waals surface area contributed by atoms with Gasteiger partial charge in [0.05, 0.1) is 21.3 Å². The number of rotatable bonds is 3.